The molecule has 5 heteroatoms. The number of alkyl halides is 2. The Labute approximate surface area is 111 Å². The molecule has 1 aromatic carbocycles. The summed E-state index contributed by atoms with van der Waals surface area (Å²) in [5.74, 6) is 0.137. The molecule has 3 nitrogen and oxygen atoms in total. The molecule has 19 heavy (non-hydrogen) atoms. The van der Waals surface area contributed by atoms with Gasteiger partial charge in [0.25, 0.3) is 0 Å². The quantitative estimate of drug-likeness (QED) is 0.820. The van der Waals surface area contributed by atoms with E-state index >= 15 is 0 Å². The van der Waals surface area contributed by atoms with Crippen molar-refractivity contribution in [1.82, 2.24) is 0 Å². The first kappa shape index (κ1) is 13.6. The molecule has 0 heterocycles. The molecule has 2 rings (SSSR count). The average molecular weight is 266 g/mol. The van der Waals surface area contributed by atoms with Crippen LogP contribution in [0.1, 0.15) is 24.8 Å². The van der Waals surface area contributed by atoms with Crippen LogP contribution in [0.3, 0.4) is 0 Å². The molecule has 0 saturated heterocycles. The fourth-order valence-corrected chi connectivity index (χ4v) is 2.25. The summed E-state index contributed by atoms with van der Waals surface area (Å²) in [5.41, 5.74) is 1.66. The van der Waals surface area contributed by atoms with Crippen LogP contribution in [0.5, 0.6) is 5.75 Å². The summed E-state index contributed by atoms with van der Waals surface area (Å²) in [4.78, 5) is 2.06. The van der Waals surface area contributed by atoms with Gasteiger partial charge >= 0.3 is 6.61 Å². The lowest BCUT2D eigenvalue weighted by Gasteiger charge is -2.37. The van der Waals surface area contributed by atoms with Crippen molar-refractivity contribution in [2.75, 3.05) is 11.9 Å². The predicted octanol–water partition coefficient (Wildman–Crippen LogP) is 3.34. The van der Waals surface area contributed by atoms with Crippen molar-refractivity contribution in [1.29, 1.82) is 5.26 Å². The van der Waals surface area contributed by atoms with Gasteiger partial charge in [-0.05, 0) is 30.9 Å². The Morgan fingerprint density at radius 2 is 2.21 bits per heavy atom. The number of anilines is 1. The summed E-state index contributed by atoms with van der Waals surface area (Å²) in [6.45, 7) is -2.83. The van der Waals surface area contributed by atoms with Gasteiger partial charge < -0.3 is 9.64 Å². The second-order valence-electron chi connectivity index (χ2n) is 4.70. The van der Waals surface area contributed by atoms with E-state index in [0.29, 0.717) is 6.04 Å². The minimum atomic E-state index is -2.83. The van der Waals surface area contributed by atoms with Crippen molar-refractivity contribution in [3.05, 3.63) is 23.8 Å². The number of hydrogen-bond donors (Lipinski definition) is 0. The van der Waals surface area contributed by atoms with Crippen LogP contribution >= 0.6 is 0 Å². The fraction of sp³-hybridized carbons (Fsp3) is 0.500. The smallest absolute Gasteiger partial charge is 0.387 e. The normalized spacial score (nSPS) is 14.9. The summed E-state index contributed by atoms with van der Waals surface area (Å²) in [7, 11) is 1.94. The first-order chi connectivity index (χ1) is 9.11. The molecule has 0 atom stereocenters. The summed E-state index contributed by atoms with van der Waals surface area (Å²) < 4.78 is 28.9. The largest absolute Gasteiger partial charge is 0.435 e. The van der Waals surface area contributed by atoms with E-state index in [1.165, 1.54) is 12.5 Å². The minimum Gasteiger partial charge on any atom is -0.435 e. The molecule has 0 unspecified atom stereocenters. The van der Waals surface area contributed by atoms with Crippen LogP contribution < -0.4 is 9.64 Å². The van der Waals surface area contributed by atoms with Crippen molar-refractivity contribution in [3.8, 4) is 11.8 Å². The molecule has 1 aliphatic carbocycles. The number of nitriles is 1. The monoisotopic (exact) mass is 266 g/mol. The zero-order chi connectivity index (χ0) is 13.8. The van der Waals surface area contributed by atoms with Crippen LogP contribution in [0.25, 0.3) is 0 Å². The van der Waals surface area contributed by atoms with E-state index in [4.69, 9.17) is 5.26 Å². The summed E-state index contributed by atoms with van der Waals surface area (Å²) in [6.07, 6.45) is 3.65. The van der Waals surface area contributed by atoms with E-state index in [1.807, 2.05) is 7.05 Å². The van der Waals surface area contributed by atoms with E-state index in [2.05, 4.69) is 15.7 Å². The summed E-state index contributed by atoms with van der Waals surface area (Å²) in [6, 6.07) is 7.29. The Hall–Kier alpha value is -1.83. The molecule has 1 fully saturated rings. The lowest BCUT2D eigenvalue weighted by Crippen LogP contribution is -2.37. The number of benzene rings is 1. The lowest BCUT2D eigenvalue weighted by molar-refractivity contribution is -0.0498. The SMILES string of the molecule is CN(c1cc(OC(F)F)ccc1CC#N)C1CCC1. The van der Waals surface area contributed by atoms with E-state index in [0.717, 1.165) is 24.1 Å². The topological polar surface area (TPSA) is 36.3 Å². The first-order valence-corrected chi connectivity index (χ1v) is 6.29. The van der Waals surface area contributed by atoms with Crippen molar-refractivity contribution in [3.63, 3.8) is 0 Å². The molecule has 0 amide bonds. The Kier molecular flexibility index (Phi) is 4.20. The minimum absolute atomic E-state index is 0.137. The van der Waals surface area contributed by atoms with Crippen LogP contribution in [-0.4, -0.2) is 19.7 Å². The van der Waals surface area contributed by atoms with Crippen LogP contribution in [0.2, 0.25) is 0 Å². The van der Waals surface area contributed by atoms with Crippen molar-refractivity contribution in [2.45, 2.75) is 38.3 Å². The van der Waals surface area contributed by atoms with Gasteiger partial charge in [0.1, 0.15) is 5.75 Å². The molecule has 1 aliphatic rings. The van der Waals surface area contributed by atoms with Gasteiger partial charge in [0.05, 0.1) is 12.5 Å². The van der Waals surface area contributed by atoms with E-state index in [1.54, 1.807) is 12.1 Å². The zero-order valence-corrected chi connectivity index (χ0v) is 10.8. The summed E-state index contributed by atoms with van der Waals surface area (Å²) in [5, 5.41) is 8.83. The van der Waals surface area contributed by atoms with Gasteiger partial charge in [-0.3, -0.25) is 0 Å². The van der Waals surface area contributed by atoms with E-state index in [9.17, 15) is 8.78 Å². The number of rotatable bonds is 5. The molecule has 0 aliphatic heterocycles. The second-order valence-corrected chi connectivity index (χ2v) is 4.70. The average Bonchev–Trinajstić information content (AvgIpc) is 2.28. The Bertz CT molecular complexity index is 481. The Balaban J connectivity index is 2.27. The first-order valence-electron chi connectivity index (χ1n) is 6.29. The highest BCUT2D eigenvalue weighted by atomic mass is 19.3. The molecule has 1 aromatic rings. The molecule has 0 aromatic heterocycles. The lowest BCUT2D eigenvalue weighted by atomic mass is 9.91. The fourth-order valence-electron chi connectivity index (χ4n) is 2.25. The van der Waals surface area contributed by atoms with Gasteiger partial charge in [0.15, 0.2) is 0 Å². The van der Waals surface area contributed by atoms with Crippen LogP contribution in [-0.2, 0) is 6.42 Å². The standard InChI is InChI=1S/C14H16F2N2O/c1-18(11-3-2-4-11)13-9-12(19-14(15)16)6-5-10(13)7-8-17/h5-6,9,11,14H,2-4,7H2,1H3. The third-order valence-corrected chi connectivity index (χ3v) is 3.55. The van der Waals surface area contributed by atoms with Crippen molar-refractivity contribution in [2.24, 2.45) is 0 Å². The third kappa shape index (κ3) is 3.14. The highest BCUT2D eigenvalue weighted by Crippen LogP contribution is 2.33. The van der Waals surface area contributed by atoms with Crippen LogP contribution in [0.4, 0.5) is 14.5 Å². The molecule has 102 valence electrons. The molecule has 0 radical (unpaired) electrons. The maximum atomic E-state index is 12.2. The highest BCUT2D eigenvalue weighted by molar-refractivity contribution is 5.58. The number of halogens is 2. The van der Waals surface area contributed by atoms with Gasteiger partial charge in [-0.1, -0.05) is 6.07 Å². The van der Waals surface area contributed by atoms with E-state index < -0.39 is 6.61 Å². The molecule has 1 saturated carbocycles. The van der Waals surface area contributed by atoms with Gasteiger partial charge in [0, 0.05) is 24.8 Å². The predicted molar refractivity (Wildman–Crippen MR) is 68.4 cm³/mol. The third-order valence-electron chi connectivity index (χ3n) is 3.55. The Morgan fingerprint density at radius 3 is 2.74 bits per heavy atom. The van der Waals surface area contributed by atoms with Gasteiger partial charge in [-0.2, -0.15) is 14.0 Å². The number of nitrogens with zero attached hydrogens (tertiary/aromatic N) is 2. The zero-order valence-electron chi connectivity index (χ0n) is 10.8. The molecular formula is C14H16F2N2O. The number of hydrogen-bond acceptors (Lipinski definition) is 3. The maximum Gasteiger partial charge on any atom is 0.387 e. The highest BCUT2D eigenvalue weighted by Gasteiger charge is 2.24. The van der Waals surface area contributed by atoms with E-state index in [-0.39, 0.29) is 12.2 Å². The van der Waals surface area contributed by atoms with Gasteiger partial charge in [-0.15, -0.1) is 0 Å². The van der Waals surface area contributed by atoms with Gasteiger partial charge in [0.2, 0.25) is 0 Å². The van der Waals surface area contributed by atoms with Crippen LogP contribution in [0, 0.1) is 11.3 Å². The van der Waals surface area contributed by atoms with Crippen molar-refractivity contribution < 1.29 is 13.5 Å². The maximum absolute atomic E-state index is 12.2. The van der Waals surface area contributed by atoms with Gasteiger partial charge in [-0.25, -0.2) is 0 Å². The molecule has 0 spiro atoms. The number of ether oxygens (including phenoxy) is 1. The second kappa shape index (κ2) is 5.87. The molecular weight excluding hydrogens is 250 g/mol. The van der Waals surface area contributed by atoms with Crippen molar-refractivity contribution >= 4 is 5.69 Å². The van der Waals surface area contributed by atoms with Crippen LogP contribution in [0.15, 0.2) is 18.2 Å². The molecule has 0 bridgehead atoms. The molecule has 0 N–H and O–H groups in total. The Morgan fingerprint density at radius 1 is 1.47 bits per heavy atom. The summed E-state index contributed by atoms with van der Waals surface area (Å²) >= 11 is 0.